The van der Waals surface area contributed by atoms with Crippen molar-refractivity contribution in [3.63, 3.8) is 0 Å². The van der Waals surface area contributed by atoms with Gasteiger partial charge in [-0.25, -0.2) is 0 Å². The average molecular weight is 301 g/mol. The number of rotatable bonds is 7. The zero-order chi connectivity index (χ0) is 15.9. The smallest absolute Gasteiger partial charge is 0.303 e. The van der Waals surface area contributed by atoms with Crippen molar-refractivity contribution in [2.75, 3.05) is 6.54 Å². The van der Waals surface area contributed by atoms with Crippen LogP contribution in [0.25, 0.3) is 0 Å². The van der Waals surface area contributed by atoms with Crippen LogP contribution in [-0.4, -0.2) is 33.3 Å². The lowest BCUT2D eigenvalue weighted by atomic mass is 10.1. The normalized spacial score (nSPS) is 11.9. The van der Waals surface area contributed by atoms with E-state index in [0.29, 0.717) is 18.7 Å². The van der Waals surface area contributed by atoms with Crippen LogP contribution in [0.3, 0.4) is 0 Å². The van der Waals surface area contributed by atoms with Crippen molar-refractivity contribution in [3.05, 3.63) is 53.9 Å². The molecule has 1 unspecified atom stereocenters. The molecule has 0 bridgehead atoms. The third kappa shape index (κ3) is 4.44. The molecule has 6 heteroatoms. The summed E-state index contributed by atoms with van der Waals surface area (Å²) in [6.07, 6.45) is 3.56. The van der Waals surface area contributed by atoms with Crippen molar-refractivity contribution in [3.8, 4) is 0 Å². The number of hydrogen-bond donors (Lipinski definition) is 2. The van der Waals surface area contributed by atoms with E-state index < -0.39 is 5.97 Å². The molecule has 6 nitrogen and oxygen atoms in total. The Kier molecular flexibility index (Phi) is 5.30. The topological polar surface area (TPSA) is 84.2 Å². The van der Waals surface area contributed by atoms with E-state index in [-0.39, 0.29) is 18.2 Å². The Hall–Kier alpha value is -2.63. The van der Waals surface area contributed by atoms with Crippen LogP contribution in [0, 0.1) is 5.92 Å². The standard InChI is InChI=1S/C16H19N3O3/c1-12(9-15(20)21)10-17-16(22)14-6-3-2-5-13(14)11-19-8-4-7-18-19/h2-8,12H,9-11H2,1H3,(H,17,22)(H,20,21). The summed E-state index contributed by atoms with van der Waals surface area (Å²) < 4.78 is 1.75. The first kappa shape index (κ1) is 15.8. The summed E-state index contributed by atoms with van der Waals surface area (Å²) in [7, 11) is 0. The monoisotopic (exact) mass is 301 g/mol. The lowest BCUT2D eigenvalue weighted by Crippen LogP contribution is -2.30. The van der Waals surface area contributed by atoms with Crippen LogP contribution in [0.1, 0.15) is 29.3 Å². The molecule has 0 radical (unpaired) electrons. The third-order valence-electron chi connectivity index (χ3n) is 3.29. The molecule has 0 saturated heterocycles. The van der Waals surface area contributed by atoms with Crippen LogP contribution in [0.2, 0.25) is 0 Å². The first-order valence-corrected chi connectivity index (χ1v) is 7.11. The van der Waals surface area contributed by atoms with Crippen molar-refractivity contribution < 1.29 is 14.7 Å². The number of aliphatic carboxylic acids is 1. The SMILES string of the molecule is CC(CNC(=O)c1ccccc1Cn1cccn1)CC(=O)O. The van der Waals surface area contributed by atoms with Crippen LogP contribution in [0.15, 0.2) is 42.7 Å². The first-order chi connectivity index (χ1) is 10.6. The van der Waals surface area contributed by atoms with Crippen molar-refractivity contribution in [2.24, 2.45) is 5.92 Å². The summed E-state index contributed by atoms with van der Waals surface area (Å²) in [6, 6.07) is 9.16. The summed E-state index contributed by atoms with van der Waals surface area (Å²) in [5.41, 5.74) is 1.45. The number of nitrogens with zero attached hydrogens (tertiary/aromatic N) is 2. The Labute approximate surface area is 128 Å². The molecule has 1 heterocycles. The number of benzene rings is 1. The van der Waals surface area contributed by atoms with Gasteiger partial charge < -0.3 is 10.4 Å². The molecule has 1 amide bonds. The minimum absolute atomic E-state index is 0.0369. The molecular weight excluding hydrogens is 282 g/mol. The van der Waals surface area contributed by atoms with Crippen molar-refractivity contribution >= 4 is 11.9 Å². The largest absolute Gasteiger partial charge is 0.481 e. The maximum absolute atomic E-state index is 12.3. The quantitative estimate of drug-likeness (QED) is 0.816. The number of amides is 1. The molecule has 116 valence electrons. The molecule has 22 heavy (non-hydrogen) atoms. The van der Waals surface area contributed by atoms with Gasteiger partial charge in [0.25, 0.3) is 5.91 Å². The minimum atomic E-state index is -0.860. The average Bonchev–Trinajstić information content (AvgIpc) is 2.97. The van der Waals surface area contributed by atoms with E-state index in [1.807, 2.05) is 30.5 Å². The lowest BCUT2D eigenvalue weighted by molar-refractivity contribution is -0.137. The van der Waals surface area contributed by atoms with E-state index in [2.05, 4.69) is 10.4 Å². The summed E-state index contributed by atoms with van der Waals surface area (Å²) in [5.74, 6) is -1.17. The predicted octanol–water partition coefficient (Wildman–Crippen LogP) is 1.77. The number of carboxylic acid groups (broad SMARTS) is 1. The Balaban J connectivity index is 2.01. The summed E-state index contributed by atoms with van der Waals surface area (Å²) in [4.78, 5) is 22.9. The van der Waals surface area contributed by atoms with Gasteiger partial charge in [-0.2, -0.15) is 5.10 Å². The van der Waals surface area contributed by atoms with Gasteiger partial charge in [-0.3, -0.25) is 14.3 Å². The van der Waals surface area contributed by atoms with Crippen molar-refractivity contribution in [1.82, 2.24) is 15.1 Å². The van der Waals surface area contributed by atoms with E-state index in [1.54, 1.807) is 23.9 Å². The molecule has 0 aliphatic heterocycles. The van der Waals surface area contributed by atoms with Gasteiger partial charge in [-0.15, -0.1) is 0 Å². The highest BCUT2D eigenvalue weighted by Crippen LogP contribution is 2.11. The fourth-order valence-electron chi connectivity index (χ4n) is 2.18. The summed E-state index contributed by atoms with van der Waals surface area (Å²) in [6.45, 7) is 2.65. The molecule has 0 aliphatic rings. The maximum atomic E-state index is 12.3. The number of hydrogen-bond acceptors (Lipinski definition) is 3. The minimum Gasteiger partial charge on any atom is -0.481 e. The van der Waals surface area contributed by atoms with Crippen LogP contribution in [0.4, 0.5) is 0 Å². The second kappa shape index (κ2) is 7.40. The van der Waals surface area contributed by atoms with Gasteiger partial charge in [-0.05, 0) is 23.6 Å². The lowest BCUT2D eigenvalue weighted by Gasteiger charge is -2.13. The van der Waals surface area contributed by atoms with Gasteiger partial charge in [-0.1, -0.05) is 25.1 Å². The molecular formula is C16H19N3O3. The molecule has 0 fully saturated rings. The second-order valence-corrected chi connectivity index (χ2v) is 5.27. The van der Waals surface area contributed by atoms with Gasteiger partial charge >= 0.3 is 5.97 Å². The number of carboxylic acids is 1. The number of carbonyl (C=O) groups is 2. The van der Waals surface area contributed by atoms with E-state index in [0.717, 1.165) is 5.56 Å². The zero-order valence-electron chi connectivity index (χ0n) is 12.4. The highest BCUT2D eigenvalue weighted by molar-refractivity contribution is 5.95. The molecule has 0 aliphatic carbocycles. The van der Waals surface area contributed by atoms with E-state index in [9.17, 15) is 9.59 Å². The zero-order valence-corrected chi connectivity index (χ0v) is 12.4. The summed E-state index contributed by atoms with van der Waals surface area (Å²) in [5, 5.41) is 15.7. The Morgan fingerprint density at radius 1 is 1.32 bits per heavy atom. The van der Waals surface area contributed by atoms with E-state index >= 15 is 0 Å². The molecule has 2 aromatic rings. The fourth-order valence-corrected chi connectivity index (χ4v) is 2.18. The van der Waals surface area contributed by atoms with Crippen LogP contribution in [0.5, 0.6) is 0 Å². The van der Waals surface area contributed by atoms with Gasteiger partial charge in [0, 0.05) is 30.9 Å². The summed E-state index contributed by atoms with van der Waals surface area (Å²) >= 11 is 0. The fraction of sp³-hybridized carbons (Fsp3) is 0.312. The molecule has 1 aromatic carbocycles. The first-order valence-electron chi connectivity index (χ1n) is 7.11. The molecule has 1 aromatic heterocycles. The highest BCUT2D eigenvalue weighted by Gasteiger charge is 2.13. The van der Waals surface area contributed by atoms with Crippen LogP contribution >= 0.6 is 0 Å². The second-order valence-electron chi connectivity index (χ2n) is 5.27. The van der Waals surface area contributed by atoms with Gasteiger partial charge in [0.2, 0.25) is 0 Å². The number of aromatic nitrogens is 2. The molecule has 2 rings (SSSR count). The van der Waals surface area contributed by atoms with E-state index in [4.69, 9.17) is 5.11 Å². The van der Waals surface area contributed by atoms with Gasteiger partial charge in [0.05, 0.1) is 6.54 Å². The predicted molar refractivity (Wildman–Crippen MR) is 81.5 cm³/mol. The highest BCUT2D eigenvalue weighted by atomic mass is 16.4. The molecule has 1 atom stereocenters. The Morgan fingerprint density at radius 3 is 2.77 bits per heavy atom. The third-order valence-corrected chi connectivity index (χ3v) is 3.29. The molecule has 2 N–H and O–H groups in total. The van der Waals surface area contributed by atoms with Crippen LogP contribution in [-0.2, 0) is 11.3 Å². The van der Waals surface area contributed by atoms with Gasteiger partial charge in [0.15, 0.2) is 0 Å². The molecule has 0 spiro atoms. The van der Waals surface area contributed by atoms with Crippen molar-refractivity contribution in [2.45, 2.75) is 19.9 Å². The Morgan fingerprint density at radius 2 is 2.09 bits per heavy atom. The van der Waals surface area contributed by atoms with E-state index in [1.165, 1.54) is 0 Å². The molecule has 0 saturated carbocycles. The number of nitrogens with one attached hydrogen (secondary N) is 1. The van der Waals surface area contributed by atoms with Gasteiger partial charge in [0.1, 0.15) is 0 Å². The Bertz CT molecular complexity index is 638. The maximum Gasteiger partial charge on any atom is 0.303 e. The van der Waals surface area contributed by atoms with Crippen molar-refractivity contribution in [1.29, 1.82) is 0 Å². The van der Waals surface area contributed by atoms with Crippen LogP contribution < -0.4 is 5.32 Å². The number of carbonyl (C=O) groups excluding carboxylic acids is 1.